The van der Waals surface area contributed by atoms with Gasteiger partial charge in [0.15, 0.2) is 22.4 Å². The second-order valence-electron chi connectivity index (χ2n) is 22.1. The van der Waals surface area contributed by atoms with Crippen LogP contribution in [0.5, 0.6) is 23.0 Å². The van der Waals surface area contributed by atoms with Crippen molar-refractivity contribution < 1.29 is 238 Å². The Labute approximate surface area is 606 Å². The molecule has 0 radical (unpaired) electrons. The normalized spacial score (nSPS) is 15.9. The second kappa shape index (κ2) is 33.2. The standard InChI is InChI=1S/C16H10F12O4.C15H13F9O3.2C12H9F9O3.2CH4.HI.H2/c1-6(13(17,18)19)10(29)32-9-4-7(11(2,30)14(20,21)22)3-8(5-9)12(31,15(23,24)25)16(26,27)28;1-3-4-27-10-6-8(11(2,25)13(16,17)18)5-9(7-10)12(26,14(19,20)21)15(22,23)24;2*1-8(23,10(13,14)15)5-2-6(4-7(22)3-5)9(24,11(16,17)18)12(19,20)21;;;;/h3-5,30-31H,1H2,2H3;3,5-7,25-26H,1,4H2,2H3;2*2-4,22-24H,1H3;2*1H4;2*1H. The summed E-state index contributed by atoms with van der Waals surface area (Å²) in [6.45, 7) is 5.07. The lowest BCUT2D eigenvalue weighted by Gasteiger charge is -2.34. The van der Waals surface area contributed by atoms with E-state index in [2.05, 4.69) is 17.9 Å². The quantitative estimate of drug-likeness (QED) is 0.0150. The molecule has 0 saturated heterocycles. The highest BCUT2D eigenvalue weighted by molar-refractivity contribution is 14.0. The average Bonchev–Trinajstić information content (AvgIpc) is 0.748. The molecule has 0 aliphatic rings. The number of benzene rings is 4. The summed E-state index contributed by atoms with van der Waals surface area (Å²) in [6.07, 6.45) is -77.9. The molecule has 0 bridgehead atoms. The Balaban J connectivity index is -0.000000684. The zero-order valence-corrected chi connectivity index (χ0v) is 54.3. The largest absolute Gasteiger partial charge is 0.508 e. The van der Waals surface area contributed by atoms with Crippen LogP contribution in [0.4, 0.5) is 171 Å². The maximum atomic E-state index is 13.1. The number of ether oxygens (including phenoxy) is 2. The zero-order valence-electron chi connectivity index (χ0n) is 52.0. The predicted octanol–water partition coefficient (Wildman–Crippen LogP) is 18.2. The average molecular weight is 1810 g/mol. The van der Waals surface area contributed by atoms with Crippen molar-refractivity contribution in [2.75, 3.05) is 6.61 Å². The van der Waals surface area contributed by atoms with Crippen molar-refractivity contribution in [3.63, 3.8) is 0 Å². The summed E-state index contributed by atoms with van der Waals surface area (Å²) in [4.78, 5) is 11.4. The molecule has 638 valence electrons. The third-order valence-corrected chi connectivity index (χ3v) is 14.2. The zero-order chi connectivity index (χ0) is 85.9. The number of alkyl halides is 39. The fourth-order valence-corrected chi connectivity index (χ4v) is 7.57. The van der Waals surface area contributed by atoms with E-state index >= 15 is 0 Å². The van der Waals surface area contributed by atoms with Gasteiger partial charge in [0.25, 0.3) is 22.4 Å². The van der Waals surface area contributed by atoms with Crippen LogP contribution in [-0.4, -0.2) is 144 Å². The van der Waals surface area contributed by atoms with Crippen LogP contribution in [0.25, 0.3) is 0 Å². The number of rotatable bonds is 13. The van der Waals surface area contributed by atoms with Crippen molar-refractivity contribution in [1.29, 1.82) is 0 Å². The van der Waals surface area contributed by atoms with Crippen molar-refractivity contribution in [2.45, 2.75) is 168 Å². The number of carbonyl (C=O) groups excluding carboxylic acids is 1. The molecule has 4 aromatic rings. The molecule has 0 aliphatic heterocycles. The van der Waals surface area contributed by atoms with Gasteiger partial charge in [0.2, 0.25) is 0 Å². The molecule has 4 aromatic carbocycles. The van der Waals surface area contributed by atoms with Gasteiger partial charge in [0.05, 0.1) is 0 Å². The van der Waals surface area contributed by atoms with Crippen molar-refractivity contribution in [1.82, 2.24) is 0 Å². The summed E-state index contributed by atoms with van der Waals surface area (Å²) in [5.74, 6) is -7.98. The monoisotopic (exact) mass is 1810 g/mol. The fourth-order valence-electron chi connectivity index (χ4n) is 7.57. The van der Waals surface area contributed by atoms with Crippen LogP contribution in [0.3, 0.4) is 0 Å². The molecule has 110 heavy (non-hydrogen) atoms. The van der Waals surface area contributed by atoms with Crippen LogP contribution in [0.15, 0.2) is 97.6 Å². The van der Waals surface area contributed by atoms with Gasteiger partial charge in [-0.25, -0.2) is 4.79 Å². The minimum absolute atomic E-state index is 0. The lowest BCUT2D eigenvalue weighted by Crippen LogP contribution is -2.54. The first-order chi connectivity index (χ1) is 46.5. The van der Waals surface area contributed by atoms with E-state index in [1.165, 1.54) is 0 Å². The highest BCUT2D eigenvalue weighted by atomic mass is 127. The number of hydrogen-bond donors (Lipinski definition) is 10. The first kappa shape index (κ1) is 107. The van der Waals surface area contributed by atoms with E-state index in [1.54, 1.807) is 0 Å². The molecule has 0 heterocycles. The van der Waals surface area contributed by atoms with Crippen LogP contribution >= 0.6 is 24.0 Å². The molecule has 0 amide bonds. The molecule has 4 atom stereocenters. The predicted molar refractivity (Wildman–Crippen MR) is 303 cm³/mol. The molecule has 0 aromatic heterocycles. The number of esters is 1. The Hall–Kier alpha value is -7.09. The summed E-state index contributed by atoms with van der Waals surface area (Å²) >= 11 is 0. The molecule has 0 aliphatic carbocycles. The third kappa shape index (κ3) is 21.8. The maximum absolute atomic E-state index is 13.1. The Bertz CT molecular complexity index is 3620. The number of phenols is 2. The van der Waals surface area contributed by atoms with E-state index in [9.17, 15) is 217 Å². The molecular weight excluding hydrogens is 1760 g/mol. The highest BCUT2D eigenvalue weighted by Crippen LogP contribution is 2.57. The van der Waals surface area contributed by atoms with Crippen molar-refractivity contribution in [2.24, 2.45) is 0 Å². The molecule has 4 rings (SSSR count). The molecule has 4 unspecified atom stereocenters. The smallest absolute Gasteiger partial charge is 0.430 e. The molecule has 10 N–H and O–H groups in total. The van der Waals surface area contributed by atoms with Crippen molar-refractivity contribution in [3.8, 4) is 23.0 Å². The SMILES string of the molecule is C.C.C=C(C(=O)Oc1cc(C(C)(O)C(F)(F)F)cc(C(O)(C(F)(F)F)C(F)(F)F)c1)C(F)(F)F.C=CCOc1cc(C(C)(O)C(F)(F)F)cc(C(O)(C(F)(F)F)C(F)(F)F)c1.CC(O)(c1cc(O)cc(C(O)(C(F)(F)F)C(F)(F)F)c1)C(F)(F)F.CC(O)(c1cc(O)cc(C(O)(C(F)(F)F)C(F)(F)F)c1)C(F)(F)F.I.[HH]. The van der Waals surface area contributed by atoms with E-state index < -0.39 is 223 Å². The highest BCUT2D eigenvalue weighted by Gasteiger charge is 2.75. The second-order valence-corrected chi connectivity index (χ2v) is 22.1. The van der Waals surface area contributed by atoms with E-state index in [0.717, 1.165) is 6.08 Å². The molecule has 53 heteroatoms. The summed E-state index contributed by atoms with van der Waals surface area (Å²) in [5.41, 5.74) is -55.5. The van der Waals surface area contributed by atoms with Gasteiger partial charge in [0.1, 0.15) is 35.2 Å². The summed E-state index contributed by atoms with van der Waals surface area (Å²) in [6, 6.07) is -1.65. The van der Waals surface area contributed by atoms with Crippen molar-refractivity contribution in [3.05, 3.63) is 142 Å². The topological polar surface area (TPSA) is 238 Å². The van der Waals surface area contributed by atoms with Crippen LogP contribution < -0.4 is 9.47 Å². The number of carbonyl (C=O) groups is 1. The Kier molecular flexibility index (Phi) is 32.3. The number of aromatic hydroxyl groups is 2. The van der Waals surface area contributed by atoms with E-state index in [-0.39, 0.29) is 123 Å². The van der Waals surface area contributed by atoms with Gasteiger partial charge < -0.3 is 60.5 Å². The molecule has 0 fully saturated rings. The molecule has 0 spiro atoms. The van der Waals surface area contributed by atoms with E-state index in [4.69, 9.17) is 14.9 Å². The number of aliphatic hydroxyl groups is 8. The molecular formula is C57H52F39IO13. The number of halogens is 40. The van der Waals surface area contributed by atoms with E-state index in [1.807, 2.05) is 0 Å². The van der Waals surface area contributed by atoms with Crippen LogP contribution in [0, 0.1) is 0 Å². The Morgan fingerprint density at radius 2 is 0.500 bits per heavy atom. The van der Waals surface area contributed by atoms with Gasteiger partial charge in [-0.3, -0.25) is 0 Å². The van der Waals surface area contributed by atoms with Gasteiger partial charge in [-0.2, -0.15) is 171 Å². The molecule has 0 saturated carbocycles. The fraction of sp³-hybridized carbons (Fsp3) is 0.491. The number of hydrogen-bond acceptors (Lipinski definition) is 13. The van der Waals surface area contributed by atoms with E-state index in [0.29, 0.717) is 6.07 Å². The van der Waals surface area contributed by atoms with Gasteiger partial charge in [-0.1, -0.05) is 34.1 Å². The lowest BCUT2D eigenvalue weighted by molar-refractivity contribution is -0.376. The number of phenolic OH excluding ortho intramolecular Hbond substituents is 2. The Morgan fingerprint density at radius 3 is 0.691 bits per heavy atom. The summed E-state index contributed by atoms with van der Waals surface area (Å²) in [5, 5.41) is 93.4. The maximum Gasteiger partial charge on any atom is 0.430 e. The minimum atomic E-state index is -6.62. The van der Waals surface area contributed by atoms with Crippen LogP contribution in [-0.2, 0) is 49.6 Å². The van der Waals surface area contributed by atoms with Gasteiger partial charge in [0, 0.05) is 23.7 Å². The summed E-state index contributed by atoms with van der Waals surface area (Å²) < 4.78 is 510. The Morgan fingerprint density at radius 1 is 0.327 bits per heavy atom. The minimum Gasteiger partial charge on any atom is -0.508 e. The third-order valence-electron chi connectivity index (χ3n) is 14.2. The first-order valence-electron chi connectivity index (χ1n) is 26.3. The molecule has 13 nitrogen and oxygen atoms in total. The van der Waals surface area contributed by atoms with Gasteiger partial charge >= 0.3 is 86.3 Å². The lowest BCUT2D eigenvalue weighted by atomic mass is 9.86. The summed E-state index contributed by atoms with van der Waals surface area (Å²) in [7, 11) is 0. The van der Waals surface area contributed by atoms with Gasteiger partial charge in [-0.05, 0) is 123 Å². The van der Waals surface area contributed by atoms with Crippen LogP contribution in [0.1, 0.15) is 88.5 Å². The van der Waals surface area contributed by atoms with Crippen molar-refractivity contribution >= 4 is 29.9 Å². The van der Waals surface area contributed by atoms with Crippen LogP contribution in [0.2, 0.25) is 0 Å². The first-order valence-corrected chi connectivity index (χ1v) is 26.3. The van der Waals surface area contributed by atoms with Gasteiger partial charge in [-0.15, -0.1) is 24.0 Å².